The molecule has 0 heterocycles. The van der Waals surface area contributed by atoms with Gasteiger partial charge in [-0.05, 0) is 39.8 Å². The van der Waals surface area contributed by atoms with Crippen molar-refractivity contribution < 1.29 is 9.53 Å². The van der Waals surface area contributed by atoms with E-state index in [0.717, 1.165) is 5.69 Å². The van der Waals surface area contributed by atoms with Crippen molar-refractivity contribution in [1.29, 1.82) is 0 Å². The summed E-state index contributed by atoms with van der Waals surface area (Å²) in [5.74, 6) is 5.67. The average molecular weight is 245 g/mol. The third-order valence-corrected chi connectivity index (χ3v) is 2.10. The monoisotopic (exact) mass is 245 g/mol. The maximum atomic E-state index is 12.1. The predicted octanol–water partition coefficient (Wildman–Crippen LogP) is 3.45. The van der Waals surface area contributed by atoms with Gasteiger partial charge in [-0.1, -0.05) is 24.1 Å². The van der Waals surface area contributed by atoms with Gasteiger partial charge in [0.2, 0.25) is 0 Å². The van der Waals surface area contributed by atoms with E-state index in [9.17, 15) is 4.79 Å². The molecule has 0 saturated carbocycles. The SMILES string of the molecule is CC#CCN(C(=O)OC(C)(C)C)c1ccccc1. The van der Waals surface area contributed by atoms with Crippen molar-refractivity contribution in [2.75, 3.05) is 11.4 Å². The van der Waals surface area contributed by atoms with Crippen molar-refractivity contribution in [2.24, 2.45) is 0 Å². The normalized spacial score (nSPS) is 10.2. The van der Waals surface area contributed by atoms with Gasteiger partial charge in [-0.15, -0.1) is 5.92 Å². The Hall–Kier alpha value is -1.95. The smallest absolute Gasteiger partial charge is 0.415 e. The molecule has 0 fully saturated rings. The average Bonchev–Trinajstić information content (AvgIpc) is 2.28. The first-order valence-corrected chi connectivity index (χ1v) is 5.89. The first-order valence-electron chi connectivity index (χ1n) is 5.89. The van der Waals surface area contributed by atoms with Crippen LogP contribution < -0.4 is 4.90 Å². The topological polar surface area (TPSA) is 29.5 Å². The molecule has 0 spiro atoms. The van der Waals surface area contributed by atoms with E-state index in [4.69, 9.17) is 4.74 Å². The summed E-state index contributed by atoms with van der Waals surface area (Å²) >= 11 is 0. The van der Waals surface area contributed by atoms with Crippen molar-refractivity contribution in [1.82, 2.24) is 0 Å². The number of para-hydroxylation sites is 1. The fourth-order valence-corrected chi connectivity index (χ4v) is 1.34. The molecule has 0 aliphatic carbocycles. The second kappa shape index (κ2) is 6.11. The lowest BCUT2D eigenvalue weighted by molar-refractivity contribution is 0.0585. The number of rotatable bonds is 2. The molecule has 0 aliphatic heterocycles. The van der Waals surface area contributed by atoms with Crippen molar-refractivity contribution in [2.45, 2.75) is 33.3 Å². The van der Waals surface area contributed by atoms with E-state index >= 15 is 0 Å². The maximum absolute atomic E-state index is 12.1. The van der Waals surface area contributed by atoms with E-state index in [0.29, 0.717) is 6.54 Å². The Morgan fingerprint density at radius 2 is 1.89 bits per heavy atom. The van der Waals surface area contributed by atoms with E-state index in [1.165, 1.54) is 4.90 Å². The molecule has 18 heavy (non-hydrogen) atoms. The Kier molecular flexibility index (Phi) is 4.79. The van der Waals surface area contributed by atoms with Crippen molar-refractivity contribution in [3.63, 3.8) is 0 Å². The number of amides is 1. The van der Waals surface area contributed by atoms with Crippen LogP contribution in [0.3, 0.4) is 0 Å². The van der Waals surface area contributed by atoms with Gasteiger partial charge in [0.1, 0.15) is 5.60 Å². The molecule has 0 unspecified atom stereocenters. The summed E-state index contributed by atoms with van der Waals surface area (Å²) in [6.07, 6.45) is -0.378. The minimum atomic E-state index is -0.510. The number of hydrogen-bond donors (Lipinski definition) is 0. The number of ether oxygens (including phenoxy) is 1. The van der Waals surface area contributed by atoms with E-state index < -0.39 is 5.60 Å². The Bertz CT molecular complexity index is 449. The lowest BCUT2D eigenvalue weighted by Crippen LogP contribution is -2.37. The van der Waals surface area contributed by atoms with Gasteiger partial charge in [0.25, 0.3) is 0 Å². The highest BCUT2D eigenvalue weighted by molar-refractivity contribution is 5.88. The second-order valence-electron chi connectivity index (χ2n) is 4.83. The number of anilines is 1. The summed E-state index contributed by atoms with van der Waals surface area (Å²) < 4.78 is 5.37. The molecule has 0 saturated heterocycles. The zero-order valence-electron chi connectivity index (χ0n) is 11.4. The lowest BCUT2D eigenvalue weighted by Gasteiger charge is -2.26. The van der Waals surface area contributed by atoms with Gasteiger partial charge in [-0.25, -0.2) is 4.79 Å². The molecule has 0 radical (unpaired) electrons. The molecule has 1 aromatic carbocycles. The number of carbonyl (C=O) groups excluding carboxylic acids is 1. The van der Waals surface area contributed by atoms with Crippen LogP contribution in [0.15, 0.2) is 30.3 Å². The third kappa shape index (κ3) is 4.50. The number of nitrogens with zero attached hydrogens (tertiary/aromatic N) is 1. The Morgan fingerprint density at radius 1 is 1.28 bits per heavy atom. The largest absolute Gasteiger partial charge is 0.443 e. The lowest BCUT2D eigenvalue weighted by atomic mass is 10.2. The Morgan fingerprint density at radius 3 is 2.39 bits per heavy atom. The van der Waals surface area contributed by atoms with Gasteiger partial charge in [-0.2, -0.15) is 0 Å². The third-order valence-electron chi connectivity index (χ3n) is 2.10. The molecule has 1 rings (SSSR count). The second-order valence-corrected chi connectivity index (χ2v) is 4.83. The molecule has 0 bridgehead atoms. The minimum Gasteiger partial charge on any atom is -0.443 e. The maximum Gasteiger partial charge on any atom is 0.415 e. The molecule has 3 nitrogen and oxygen atoms in total. The van der Waals surface area contributed by atoms with Crippen LogP contribution in [0.25, 0.3) is 0 Å². The van der Waals surface area contributed by atoms with E-state index in [2.05, 4.69) is 11.8 Å². The van der Waals surface area contributed by atoms with Crippen molar-refractivity contribution >= 4 is 11.8 Å². The van der Waals surface area contributed by atoms with Crippen LogP contribution in [0, 0.1) is 11.8 Å². The summed E-state index contributed by atoms with van der Waals surface area (Å²) in [7, 11) is 0. The van der Waals surface area contributed by atoms with Crippen LogP contribution in [0.1, 0.15) is 27.7 Å². The van der Waals surface area contributed by atoms with Gasteiger partial charge < -0.3 is 4.74 Å². The molecule has 0 aromatic heterocycles. The summed E-state index contributed by atoms with van der Waals surface area (Å²) in [5, 5.41) is 0. The van der Waals surface area contributed by atoms with Gasteiger partial charge in [-0.3, -0.25) is 4.90 Å². The number of carbonyl (C=O) groups is 1. The minimum absolute atomic E-state index is 0.329. The van der Waals surface area contributed by atoms with Gasteiger partial charge in [0.05, 0.1) is 6.54 Å². The highest BCUT2D eigenvalue weighted by Crippen LogP contribution is 2.17. The molecule has 3 heteroatoms. The van der Waals surface area contributed by atoms with Crippen LogP contribution in [0.4, 0.5) is 10.5 Å². The molecule has 0 aliphatic rings. The van der Waals surface area contributed by atoms with Crippen molar-refractivity contribution in [3.8, 4) is 11.8 Å². The Labute approximate surface area is 109 Å². The summed E-state index contributed by atoms with van der Waals surface area (Å²) in [6, 6.07) is 9.39. The summed E-state index contributed by atoms with van der Waals surface area (Å²) in [4.78, 5) is 13.6. The summed E-state index contributed by atoms with van der Waals surface area (Å²) in [5.41, 5.74) is 0.276. The van der Waals surface area contributed by atoms with Crippen LogP contribution in [0.5, 0.6) is 0 Å². The molecular formula is C15H19NO2. The first-order chi connectivity index (χ1) is 8.44. The highest BCUT2D eigenvalue weighted by Gasteiger charge is 2.22. The van der Waals surface area contributed by atoms with Gasteiger partial charge in [0.15, 0.2) is 0 Å². The van der Waals surface area contributed by atoms with Crippen LogP contribution in [-0.4, -0.2) is 18.2 Å². The van der Waals surface area contributed by atoms with Gasteiger partial charge in [0, 0.05) is 5.69 Å². The fraction of sp³-hybridized carbons (Fsp3) is 0.400. The standard InChI is InChI=1S/C15H19NO2/c1-5-6-12-16(13-10-8-7-9-11-13)14(17)18-15(2,3)4/h7-11H,12H2,1-4H3. The molecular weight excluding hydrogens is 226 g/mol. The highest BCUT2D eigenvalue weighted by atomic mass is 16.6. The van der Waals surface area contributed by atoms with Crippen LogP contribution >= 0.6 is 0 Å². The summed E-state index contributed by atoms with van der Waals surface area (Å²) in [6.45, 7) is 7.62. The quantitative estimate of drug-likeness (QED) is 0.747. The molecule has 1 aromatic rings. The Balaban J connectivity index is 2.91. The zero-order chi connectivity index (χ0) is 13.6. The molecule has 0 N–H and O–H groups in total. The van der Waals surface area contributed by atoms with E-state index in [-0.39, 0.29) is 6.09 Å². The number of hydrogen-bond acceptors (Lipinski definition) is 2. The first kappa shape index (κ1) is 14.1. The fourth-order valence-electron chi connectivity index (χ4n) is 1.34. The molecule has 0 atom stereocenters. The van der Waals surface area contributed by atoms with E-state index in [1.807, 2.05) is 51.1 Å². The zero-order valence-corrected chi connectivity index (χ0v) is 11.4. The van der Waals surface area contributed by atoms with Crippen LogP contribution in [0.2, 0.25) is 0 Å². The van der Waals surface area contributed by atoms with Crippen LogP contribution in [-0.2, 0) is 4.74 Å². The number of benzene rings is 1. The van der Waals surface area contributed by atoms with Crippen molar-refractivity contribution in [3.05, 3.63) is 30.3 Å². The van der Waals surface area contributed by atoms with E-state index in [1.54, 1.807) is 6.92 Å². The van der Waals surface area contributed by atoms with Gasteiger partial charge >= 0.3 is 6.09 Å². The predicted molar refractivity (Wildman–Crippen MR) is 73.5 cm³/mol. The molecule has 96 valence electrons. The molecule has 1 amide bonds.